The summed E-state index contributed by atoms with van der Waals surface area (Å²) in [6.07, 6.45) is 4.85. The van der Waals surface area contributed by atoms with E-state index in [1.54, 1.807) is 5.57 Å². The molecule has 0 spiro atoms. The summed E-state index contributed by atoms with van der Waals surface area (Å²) < 4.78 is 0. The number of rotatable bonds is 1. The first-order valence-electron chi connectivity index (χ1n) is 7.35. The molecule has 1 aliphatic heterocycles. The molecule has 1 unspecified atom stereocenters. The van der Waals surface area contributed by atoms with Crippen molar-refractivity contribution in [3.05, 3.63) is 46.0 Å². The topological polar surface area (TPSA) is 12.0 Å². The van der Waals surface area contributed by atoms with Crippen LogP contribution < -0.4 is 5.32 Å². The van der Waals surface area contributed by atoms with Crippen molar-refractivity contribution in [3.63, 3.8) is 0 Å². The normalized spacial score (nSPS) is 22.1. The average Bonchev–Trinajstić information content (AvgIpc) is 2.62. The number of allylic oxidation sites excluding steroid dienone is 4. The fourth-order valence-corrected chi connectivity index (χ4v) is 3.56. The summed E-state index contributed by atoms with van der Waals surface area (Å²) in [6.45, 7) is 10.1. The van der Waals surface area contributed by atoms with E-state index >= 15 is 0 Å². The molecule has 1 nitrogen and oxygen atoms in total. The minimum absolute atomic E-state index is 0.549. The highest BCUT2D eigenvalue weighted by atomic mass is 14.9. The molecule has 19 heavy (non-hydrogen) atoms. The first-order chi connectivity index (χ1) is 9.08. The molecule has 1 aliphatic carbocycles. The zero-order valence-corrected chi connectivity index (χ0v) is 12.4. The van der Waals surface area contributed by atoms with Crippen molar-refractivity contribution < 1.29 is 0 Å². The fourth-order valence-electron chi connectivity index (χ4n) is 3.56. The number of anilines is 1. The molecule has 0 saturated heterocycles. The van der Waals surface area contributed by atoms with Gasteiger partial charge in [-0.2, -0.15) is 0 Å². The summed E-state index contributed by atoms with van der Waals surface area (Å²) in [5, 5.41) is 3.57. The quantitative estimate of drug-likeness (QED) is 0.763. The number of benzene rings is 1. The van der Waals surface area contributed by atoms with Crippen molar-refractivity contribution in [3.8, 4) is 0 Å². The zero-order chi connectivity index (χ0) is 13.6. The van der Waals surface area contributed by atoms with E-state index < -0.39 is 0 Å². The molecule has 3 rings (SSSR count). The van der Waals surface area contributed by atoms with Crippen molar-refractivity contribution in [2.45, 2.75) is 40.5 Å². The molecule has 2 aliphatic rings. The average molecular weight is 253 g/mol. The van der Waals surface area contributed by atoms with Gasteiger partial charge in [0, 0.05) is 18.2 Å². The Kier molecular flexibility index (Phi) is 3.00. The summed E-state index contributed by atoms with van der Waals surface area (Å²) in [6, 6.07) is 4.68. The molecule has 1 atom stereocenters. The number of aryl methyl sites for hydroxylation is 1. The molecule has 0 fully saturated rings. The van der Waals surface area contributed by atoms with Gasteiger partial charge in [0.1, 0.15) is 0 Å². The van der Waals surface area contributed by atoms with E-state index in [0.29, 0.717) is 5.92 Å². The van der Waals surface area contributed by atoms with Gasteiger partial charge >= 0.3 is 0 Å². The molecule has 1 heterocycles. The second kappa shape index (κ2) is 4.56. The van der Waals surface area contributed by atoms with Gasteiger partial charge < -0.3 is 5.32 Å². The Labute approximate surface area is 116 Å². The molecule has 0 aromatic heterocycles. The molecule has 1 aromatic carbocycles. The molecule has 0 bridgehead atoms. The Hall–Kier alpha value is -1.50. The molecule has 100 valence electrons. The van der Waals surface area contributed by atoms with E-state index in [2.05, 4.69) is 51.2 Å². The predicted molar refractivity (Wildman–Crippen MR) is 83.5 cm³/mol. The van der Waals surface area contributed by atoms with Crippen molar-refractivity contribution in [1.29, 1.82) is 0 Å². The highest BCUT2D eigenvalue weighted by molar-refractivity contribution is 5.82. The highest BCUT2D eigenvalue weighted by Gasteiger charge is 2.24. The maximum atomic E-state index is 3.57. The maximum Gasteiger partial charge on any atom is 0.0381 e. The molecule has 0 radical (unpaired) electrons. The SMILES string of the molecule is CC1=CC(C)C(c2cc(C)cc3c2CCCN3)=C1C. The van der Waals surface area contributed by atoms with E-state index in [1.807, 2.05) is 0 Å². The number of fused-ring (bicyclic) bond motifs is 1. The van der Waals surface area contributed by atoms with Crippen LogP contribution in [-0.2, 0) is 6.42 Å². The van der Waals surface area contributed by atoms with Crippen molar-refractivity contribution in [1.82, 2.24) is 0 Å². The summed E-state index contributed by atoms with van der Waals surface area (Å²) >= 11 is 0. The van der Waals surface area contributed by atoms with Crippen molar-refractivity contribution >= 4 is 11.3 Å². The van der Waals surface area contributed by atoms with Gasteiger partial charge in [-0.1, -0.05) is 24.6 Å². The smallest absolute Gasteiger partial charge is 0.0381 e. The molecular formula is C18H23N. The van der Waals surface area contributed by atoms with Gasteiger partial charge in [0.05, 0.1) is 0 Å². The van der Waals surface area contributed by atoms with Gasteiger partial charge in [0.2, 0.25) is 0 Å². The largest absolute Gasteiger partial charge is 0.385 e. The fraction of sp³-hybridized carbons (Fsp3) is 0.444. The number of hydrogen-bond acceptors (Lipinski definition) is 1. The van der Waals surface area contributed by atoms with Gasteiger partial charge in [0.25, 0.3) is 0 Å². The molecule has 0 amide bonds. The molecule has 1 aromatic rings. The third kappa shape index (κ3) is 2.01. The van der Waals surface area contributed by atoms with Crippen LogP contribution in [0.25, 0.3) is 5.57 Å². The van der Waals surface area contributed by atoms with Crippen LogP contribution in [-0.4, -0.2) is 6.54 Å². The Morgan fingerprint density at radius 1 is 1.16 bits per heavy atom. The summed E-state index contributed by atoms with van der Waals surface area (Å²) in [4.78, 5) is 0. The van der Waals surface area contributed by atoms with Crippen LogP contribution in [0.15, 0.2) is 29.4 Å². The minimum Gasteiger partial charge on any atom is -0.385 e. The Morgan fingerprint density at radius 2 is 1.95 bits per heavy atom. The van der Waals surface area contributed by atoms with E-state index in [-0.39, 0.29) is 0 Å². The van der Waals surface area contributed by atoms with Crippen molar-refractivity contribution in [2.75, 3.05) is 11.9 Å². The third-order valence-corrected chi connectivity index (χ3v) is 4.55. The van der Waals surface area contributed by atoms with Crippen LogP contribution in [0, 0.1) is 12.8 Å². The van der Waals surface area contributed by atoms with E-state index in [4.69, 9.17) is 0 Å². The second-order valence-electron chi connectivity index (χ2n) is 6.05. The lowest BCUT2D eigenvalue weighted by molar-refractivity contribution is 0.823. The van der Waals surface area contributed by atoms with Crippen LogP contribution in [0.1, 0.15) is 43.9 Å². The lowest BCUT2D eigenvalue weighted by atomic mass is 9.86. The summed E-state index contributed by atoms with van der Waals surface area (Å²) in [5.41, 5.74) is 10.2. The van der Waals surface area contributed by atoms with Crippen LogP contribution in [0.5, 0.6) is 0 Å². The van der Waals surface area contributed by atoms with E-state index in [0.717, 1.165) is 6.54 Å². The molecule has 1 N–H and O–H groups in total. The minimum atomic E-state index is 0.549. The maximum absolute atomic E-state index is 3.57. The van der Waals surface area contributed by atoms with Gasteiger partial charge in [-0.25, -0.2) is 0 Å². The van der Waals surface area contributed by atoms with E-state index in [9.17, 15) is 0 Å². The van der Waals surface area contributed by atoms with Gasteiger partial charge in [-0.3, -0.25) is 0 Å². The monoisotopic (exact) mass is 253 g/mol. The Balaban J connectivity index is 2.19. The molecule has 1 heteroatoms. The lowest BCUT2D eigenvalue weighted by Crippen LogP contribution is -2.14. The summed E-state index contributed by atoms with van der Waals surface area (Å²) in [7, 11) is 0. The third-order valence-electron chi connectivity index (χ3n) is 4.55. The standard InChI is InChI=1S/C18H23N/c1-11-8-16(15-6-5-7-19-17(15)9-11)18-13(3)10-12(2)14(18)4/h8-10,13,19H,5-7H2,1-4H3. The number of nitrogens with one attached hydrogen (secondary N) is 1. The van der Waals surface area contributed by atoms with Crippen LogP contribution in [0.2, 0.25) is 0 Å². The zero-order valence-electron chi connectivity index (χ0n) is 12.4. The van der Waals surface area contributed by atoms with Crippen molar-refractivity contribution in [2.24, 2.45) is 5.92 Å². The van der Waals surface area contributed by atoms with Gasteiger partial charge in [0.15, 0.2) is 0 Å². The first kappa shape index (κ1) is 12.5. The number of hydrogen-bond donors (Lipinski definition) is 1. The molecule has 0 saturated carbocycles. The van der Waals surface area contributed by atoms with Crippen LogP contribution >= 0.6 is 0 Å². The van der Waals surface area contributed by atoms with Crippen LogP contribution in [0.4, 0.5) is 5.69 Å². The first-order valence-corrected chi connectivity index (χ1v) is 7.35. The van der Waals surface area contributed by atoms with Crippen LogP contribution in [0.3, 0.4) is 0 Å². The Morgan fingerprint density at radius 3 is 2.63 bits per heavy atom. The highest BCUT2D eigenvalue weighted by Crippen LogP contribution is 2.41. The van der Waals surface area contributed by atoms with Gasteiger partial charge in [-0.05, 0) is 67.5 Å². The van der Waals surface area contributed by atoms with E-state index in [1.165, 1.54) is 46.4 Å². The second-order valence-corrected chi connectivity index (χ2v) is 6.05. The Bertz CT molecular complexity index is 590. The molecular weight excluding hydrogens is 230 g/mol. The summed E-state index contributed by atoms with van der Waals surface area (Å²) in [5.74, 6) is 0.549. The predicted octanol–water partition coefficient (Wildman–Crippen LogP) is 4.72. The van der Waals surface area contributed by atoms with Gasteiger partial charge in [-0.15, -0.1) is 0 Å². The lowest BCUT2D eigenvalue weighted by Gasteiger charge is -2.24.